The van der Waals surface area contributed by atoms with Crippen LogP contribution in [-0.2, 0) is 26.2 Å². The number of sulfonamides is 1. The van der Waals surface area contributed by atoms with Crippen LogP contribution in [0.25, 0.3) is 0 Å². The Morgan fingerprint density at radius 2 is 1.58 bits per heavy atom. The van der Waals surface area contributed by atoms with Gasteiger partial charge in [-0.1, -0.05) is 63.4 Å². The van der Waals surface area contributed by atoms with E-state index in [1.165, 1.54) is 17.0 Å². The molecule has 38 heavy (non-hydrogen) atoms. The molecular weight excluding hydrogens is 613 g/mol. The van der Waals surface area contributed by atoms with Crippen molar-refractivity contribution < 1.29 is 18.0 Å². The van der Waals surface area contributed by atoms with Crippen molar-refractivity contribution in [2.75, 3.05) is 10.8 Å². The minimum absolute atomic E-state index is 0.0267. The molecule has 3 rings (SSSR count). The highest BCUT2D eigenvalue weighted by Gasteiger charge is 2.32. The van der Waals surface area contributed by atoms with Crippen LogP contribution in [0, 0.1) is 0 Å². The molecule has 1 unspecified atom stereocenters. The molecule has 1 atom stereocenters. The third-order valence-corrected chi connectivity index (χ3v) is 8.58. The molecule has 7 nitrogen and oxygen atoms in total. The first-order valence-corrected chi connectivity index (χ1v) is 14.8. The minimum atomic E-state index is -4.12. The molecule has 3 aromatic rings. The van der Waals surface area contributed by atoms with E-state index in [4.69, 9.17) is 23.2 Å². The third kappa shape index (κ3) is 7.50. The molecular formula is C27H28BrCl2N3O4S. The monoisotopic (exact) mass is 639 g/mol. The summed E-state index contributed by atoms with van der Waals surface area (Å²) in [6, 6.07) is 18.3. The van der Waals surface area contributed by atoms with E-state index in [0.29, 0.717) is 21.3 Å². The van der Waals surface area contributed by atoms with Crippen molar-refractivity contribution in [2.24, 2.45) is 0 Å². The van der Waals surface area contributed by atoms with E-state index >= 15 is 0 Å². The lowest BCUT2D eigenvalue weighted by Crippen LogP contribution is -2.52. The van der Waals surface area contributed by atoms with Crippen LogP contribution in [-0.4, -0.2) is 43.8 Å². The molecule has 2 amide bonds. The van der Waals surface area contributed by atoms with Gasteiger partial charge in [0.25, 0.3) is 10.0 Å². The van der Waals surface area contributed by atoms with Crippen LogP contribution in [0.4, 0.5) is 5.69 Å². The van der Waals surface area contributed by atoms with E-state index in [2.05, 4.69) is 21.2 Å². The molecule has 0 aromatic heterocycles. The fourth-order valence-electron chi connectivity index (χ4n) is 3.68. The Kier molecular flexibility index (Phi) is 10.2. The van der Waals surface area contributed by atoms with Gasteiger partial charge in [0.1, 0.15) is 12.6 Å². The third-order valence-electron chi connectivity index (χ3n) is 5.68. The highest BCUT2D eigenvalue weighted by Crippen LogP contribution is 2.27. The van der Waals surface area contributed by atoms with Crippen LogP contribution >= 0.6 is 39.1 Å². The first-order chi connectivity index (χ1) is 17.9. The smallest absolute Gasteiger partial charge is 0.264 e. The van der Waals surface area contributed by atoms with Gasteiger partial charge in [0, 0.05) is 27.1 Å². The molecule has 0 saturated heterocycles. The number of nitrogens with one attached hydrogen (secondary N) is 1. The van der Waals surface area contributed by atoms with Gasteiger partial charge in [-0.2, -0.15) is 0 Å². The Morgan fingerprint density at radius 1 is 0.947 bits per heavy atom. The topological polar surface area (TPSA) is 86.8 Å². The summed E-state index contributed by atoms with van der Waals surface area (Å²) < 4.78 is 29.2. The van der Waals surface area contributed by atoms with Gasteiger partial charge in [0.05, 0.1) is 10.6 Å². The van der Waals surface area contributed by atoms with Gasteiger partial charge < -0.3 is 10.2 Å². The predicted octanol–water partition coefficient (Wildman–Crippen LogP) is 5.89. The van der Waals surface area contributed by atoms with Gasteiger partial charge in [-0.25, -0.2) is 8.42 Å². The van der Waals surface area contributed by atoms with Crippen LogP contribution < -0.4 is 9.62 Å². The second-order valence-electron chi connectivity index (χ2n) is 8.90. The quantitative estimate of drug-likeness (QED) is 0.299. The molecule has 202 valence electrons. The number of nitrogens with zero attached hydrogens (tertiary/aromatic N) is 2. The zero-order valence-corrected chi connectivity index (χ0v) is 25.0. The molecule has 11 heteroatoms. The molecule has 1 N–H and O–H groups in total. The molecule has 0 saturated carbocycles. The van der Waals surface area contributed by atoms with E-state index in [0.717, 1.165) is 8.78 Å². The zero-order valence-electron chi connectivity index (χ0n) is 21.1. The van der Waals surface area contributed by atoms with E-state index < -0.39 is 28.5 Å². The minimum Gasteiger partial charge on any atom is -0.352 e. The molecule has 0 heterocycles. The van der Waals surface area contributed by atoms with E-state index in [1.54, 1.807) is 67.6 Å². The fourth-order valence-corrected chi connectivity index (χ4v) is 5.84. The second kappa shape index (κ2) is 13.0. The highest BCUT2D eigenvalue weighted by atomic mass is 79.9. The highest BCUT2D eigenvalue weighted by molar-refractivity contribution is 9.10. The first-order valence-electron chi connectivity index (χ1n) is 11.8. The molecule has 0 radical (unpaired) electrons. The van der Waals surface area contributed by atoms with Crippen molar-refractivity contribution >= 4 is 66.7 Å². The van der Waals surface area contributed by atoms with Crippen molar-refractivity contribution in [1.29, 1.82) is 0 Å². The van der Waals surface area contributed by atoms with Crippen LogP contribution in [0.1, 0.15) is 26.3 Å². The van der Waals surface area contributed by atoms with Crippen molar-refractivity contribution in [3.63, 3.8) is 0 Å². The molecule has 0 aliphatic carbocycles. The lowest BCUT2D eigenvalue weighted by atomic mass is 10.1. The average molecular weight is 641 g/mol. The van der Waals surface area contributed by atoms with Crippen LogP contribution in [0.15, 0.2) is 82.2 Å². The standard InChI is InChI=1S/C27H28BrCl2N3O4S/c1-18(2)31-27(35)19(3)32(16-20-9-12-22(29)15-25(20)30)26(34)17-33(23-13-10-21(28)11-14-23)38(36,37)24-7-5-4-6-8-24/h4-15,18-19H,16-17H2,1-3H3,(H,31,35). The van der Waals surface area contributed by atoms with Crippen LogP contribution in [0.2, 0.25) is 10.0 Å². The number of benzene rings is 3. The normalized spacial score (nSPS) is 12.2. The van der Waals surface area contributed by atoms with Crippen molar-refractivity contribution in [1.82, 2.24) is 10.2 Å². The summed E-state index contributed by atoms with van der Waals surface area (Å²) in [4.78, 5) is 28.1. The summed E-state index contributed by atoms with van der Waals surface area (Å²) in [5.74, 6) is -0.954. The summed E-state index contributed by atoms with van der Waals surface area (Å²) >= 11 is 15.8. The summed E-state index contributed by atoms with van der Waals surface area (Å²) in [6.45, 7) is 4.66. The molecule has 0 aliphatic heterocycles. The van der Waals surface area contributed by atoms with Crippen molar-refractivity contribution in [3.8, 4) is 0 Å². The molecule has 0 bridgehead atoms. The number of hydrogen-bond acceptors (Lipinski definition) is 4. The van der Waals surface area contributed by atoms with Gasteiger partial charge in [0.2, 0.25) is 11.8 Å². The first kappa shape index (κ1) is 30.0. The van der Waals surface area contributed by atoms with Gasteiger partial charge in [0.15, 0.2) is 0 Å². The predicted molar refractivity (Wildman–Crippen MR) is 155 cm³/mol. The van der Waals surface area contributed by atoms with Gasteiger partial charge in [-0.3, -0.25) is 13.9 Å². The fraction of sp³-hybridized carbons (Fsp3) is 0.259. The maximum absolute atomic E-state index is 13.8. The van der Waals surface area contributed by atoms with Crippen LogP contribution in [0.5, 0.6) is 0 Å². The van der Waals surface area contributed by atoms with E-state index in [9.17, 15) is 18.0 Å². The maximum Gasteiger partial charge on any atom is 0.264 e. The Bertz CT molecular complexity index is 1390. The van der Waals surface area contributed by atoms with E-state index in [1.807, 2.05) is 13.8 Å². The number of anilines is 1. The van der Waals surface area contributed by atoms with Gasteiger partial charge in [-0.05, 0) is 74.9 Å². The lowest BCUT2D eigenvalue weighted by molar-refractivity contribution is -0.139. The summed E-state index contributed by atoms with van der Waals surface area (Å²) in [5.41, 5.74) is 0.865. The molecule has 0 spiro atoms. The van der Waals surface area contributed by atoms with Gasteiger partial charge in [-0.15, -0.1) is 0 Å². The number of carbonyl (C=O) groups excluding carboxylic acids is 2. The number of hydrogen-bond donors (Lipinski definition) is 1. The van der Waals surface area contributed by atoms with Crippen molar-refractivity contribution in [2.45, 2.75) is 44.3 Å². The van der Waals surface area contributed by atoms with Crippen LogP contribution in [0.3, 0.4) is 0 Å². The number of rotatable bonds is 10. The Balaban J connectivity index is 2.03. The number of carbonyl (C=O) groups is 2. The Hall–Kier alpha value is -2.59. The molecule has 0 fully saturated rings. The lowest BCUT2D eigenvalue weighted by Gasteiger charge is -2.32. The maximum atomic E-state index is 13.8. The van der Waals surface area contributed by atoms with Gasteiger partial charge >= 0.3 is 0 Å². The zero-order chi connectivity index (χ0) is 28.0. The molecule has 0 aliphatic rings. The summed E-state index contributed by atoms with van der Waals surface area (Å²) in [6.07, 6.45) is 0. The Labute approximate surface area is 241 Å². The Morgan fingerprint density at radius 3 is 2.16 bits per heavy atom. The largest absolute Gasteiger partial charge is 0.352 e. The summed E-state index contributed by atoms with van der Waals surface area (Å²) in [5, 5.41) is 3.57. The summed E-state index contributed by atoms with van der Waals surface area (Å²) in [7, 11) is -4.12. The van der Waals surface area contributed by atoms with Crippen molar-refractivity contribution in [3.05, 3.63) is 92.9 Å². The second-order valence-corrected chi connectivity index (χ2v) is 12.5. The van der Waals surface area contributed by atoms with E-state index in [-0.39, 0.29) is 23.4 Å². The SMILES string of the molecule is CC(C)NC(=O)C(C)N(Cc1ccc(Cl)cc1Cl)C(=O)CN(c1ccc(Br)cc1)S(=O)(=O)c1ccccc1. The molecule has 3 aromatic carbocycles. The number of halogens is 3. The number of amides is 2. The average Bonchev–Trinajstić information content (AvgIpc) is 2.87.